The van der Waals surface area contributed by atoms with E-state index in [1.807, 2.05) is 48.5 Å². The van der Waals surface area contributed by atoms with Crippen molar-refractivity contribution < 1.29 is 0 Å². The van der Waals surface area contributed by atoms with E-state index in [0.717, 1.165) is 60.8 Å². The predicted molar refractivity (Wildman–Crippen MR) is 220 cm³/mol. The third-order valence-electron chi connectivity index (χ3n) is 8.38. The van der Waals surface area contributed by atoms with Gasteiger partial charge in [-0.3, -0.25) is 0 Å². The summed E-state index contributed by atoms with van der Waals surface area (Å²) in [4.78, 5) is 0. The first-order valence-corrected chi connectivity index (χ1v) is 18.6. The molecule has 0 amide bonds. The fourth-order valence-electron chi connectivity index (χ4n) is 5.21. The van der Waals surface area contributed by atoms with Crippen molar-refractivity contribution in [2.45, 2.75) is 66.2 Å². The molecule has 6 aromatic rings. The molecule has 4 aromatic carbocycles. The standard InChI is InChI=1S/C26H24N2.C24H20N2/c1-3-5-21-7-11-23(12-8-21)15-17-25-19-20-26(28-27-25)18-16-24-13-9-22(6-4-2)10-14-24;1-3-19-5-9-21(10-6-19)13-15-23-17-18-24(26-25-23)16-14-22-11-7-20(4-2)8-12-22/h7-14,19-20H,3-6H2,1-2H3;5-12,17-18H,3-4H2,1-2H3. The van der Waals surface area contributed by atoms with Gasteiger partial charge in [0.05, 0.1) is 0 Å². The molecule has 2 heterocycles. The highest BCUT2D eigenvalue weighted by atomic mass is 15.1. The maximum absolute atomic E-state index is 4.17. The fraction of sp³-hybridized carbons (Fsp3) is 0.200. The van der Waals surface area contributed by atoms with Crippen LogP contribution in [0, 0.1) is 47.4 Å². The topological polar surface area (TPSA) is 51.6 Å². The van der Waals surface area contributed by atoms with Crippen molar-refractivity contribution >= 4 is 0 Å². The second-order valence-corrected chi connectivity index (χ2v) is 12.6. The van der Waals surface area contributed by atoms with E-state index in [9.17, 15) is 0 Å². The van der Waals surface area contributed by atoms with Gasteiger partial charge < -0.3 is 0 Å². The molecule has 264 valence electrons. The van der Waals surface area contributed by atoms with Crippen molar-refractivity contribution in [3.63, 3.8) is 0 Å². The van der Waals surface area contributed by atoms with Crippen LogP contribution in [0.5, 0.6) is 0 Å². The molecule has 54 heavy (non-hydrogen) atoms. The van der Waals surface area contributed by atoms with E-state index in [1.165, 1.54) is 22.3 Å². The first-order chi connectivity index (χ1) is 26.5. The second kappa shape index (κ2) is 21.0. The number of aromatic nitrogens is 4. The number of benzene rings is 4. The molecule has 6 rings (SSSR count). The zero-order chi connectivity index (χ0) is 37.8. The van der Waals surface area contributed by atoms with Crippen molar-refractivity contribution in [2.24, 2.45) is 0 Å². The van der Waals surface area contributed by atoms with E-state index in [1.54, 1.807) is 0 Å². The Bertz CT molecular complexity index is 2160. The molecule has 0 spiro atoms. The van der Waals surface area contributed by atoms with Gasteiger partial charge in [-0.1, -0.05) is 113 Å². The number of aryl methyl sites for hydroxylation is 4. The molecular weight excluding hydrogens is 657 g/mol. The Balaban J connectivity index is 0.000000208. The number of hydrogen-bond donors (Lipinski definition) is 0. The van der Waals surface area contributed by atoms with Gasteiger partial charge in [-0.25, -0.2) is 0 Å². The molecule has 0 aliphatic rings. The zero-order valence-corrected chi connectivity index (χ0v) is 31.6. The Kier molecular flexibility index (Phi) is 14.9. The first-order valence-electron chi connectivity index (χ1n) is 18.6. The van der Waals surface area contributed by atoms with Gasteiger partial charge in [0, 0.05) is 22.3 Å². The Morgan fingerprint density at radius 1 is 0.296 bits per heavy atom. The Morgan fingerprint density at radius 3 is 0.741 bits per heavy atom. The summed E-state index contributed by atoms with van der Waals surface area (Å²) in [6.45, 7) is 8.65. The molecule has 0 N–H and O–H groups in total. The van der Waals surface area contributed by atoms with E-state index in [-0.39, 0.29) is 0 Å². The van der Waals surface area contributed by atoms with Gasteiger partial charge in [0.1, 0.15) is 22.8 Å². The van der Waals surface area contributed by atoms with Crippen LogP contribution in [-0.4, -0.2) is 20.4 Å². The molecule has 0 radical (unpaired) electrons. The van der Waals surface area contributed by atoms with Crippen LogP contribution in [-0.2, 0) is 25.7 Å². The lowest BCUT2D eigenvalue weighted by atomic mass is 10.1. The highest BCUT2D eigenvalue weighted by Crippen LogP contribution is 2.09. The molecule has 0 aliphatic heterocycles. The summed E-state index contributed by atoms with van der Waals surface area (Å²) in [5, 5.41) is 16.6. The monoisotopic (exact) mass is 700 g/mol. The Morgan fingerprint density at radius 2 is 0.537 bits per heavy atom. The maximum atomic E-state index is 4.17. The van der Waals surface area contributed by atoms with Gasteiger partial charge in [0.25, 0.3) is 0 Å². The van der Waals surface area contributed by atoms with Gasteiger partial charge in [-0.15, -0.1) is 20.4 Å². The Hall–Kier alpha value is -6.72. The van der Waals surface area contributed by atoms with Crippen molar-refractivity contribution in [1.82, 2.24) is 20.4 Å². The molecule has 0 unspecified atom stereocenters. The van der Waals surface area contributed by atoms with Crippen LogP contribution >= 0.6 is 0 Å². The quantitative estimate of drug-likeness (QED) is 0.163. The van der Waals surface area contributed by atoms with Gasteiger partial charge in [0.2, 0.25) is 0 Å². The van der Waals surface area contributed by atoms with Crippen molar-refractivity contribution in [1.29, 1.82) is 0 Å². The largest absolute Gasteiger partial charge is 0.141 e. The average Bonchev–Trinajstić information content (AvgIpc) is 3.23. The third-order valence-corrected chi connectivity index (χ3v) is 8.38. The molecule has 4 nitrogen and oxygen atoms in total. The molecule has 4 heteroatoms. The smallest absolute Gasteiger partial charge is 0.136 e. The number of nitrogens with zero attached hydrogens (tertiary/aromatic N) is 4. The average molecular weight is 701 g/mol. The molecule has 0 bridgehead atoms. The fourth-order valence-corrected chi connectivity index (χ4v) is 5.21. The van der Waals surface area contributed by atoms with Crippen LogP contribution in [0.2, 0.25) is 0 Å². The van der Waals surface area contributed by atoms with E-state index in [0.29, 0.717) is 22.8 Å². The van der Waals surface area contributed by atoms with Crippen LogP contribution in [0.25, 0.3) is 0 Å². The number of hydrogen-bond acceptors (Lipinski definition) is 4. The minimum atomic E-state index is 0.641. The van der Waals surface area contributed by atoms with Crippen LogP contribution in [0.1, 0.15) is 108 Å². The summed E-state index contributed by atoms with van der Waals surface area (Å²) in [7, 11) is 0. The van der Waals surface area contributed by atoms with Crippen LogP contribution in [0.3, 0.4) is 0 Å². The first kappa shape index (κ1) is 38.5. The molecule has 0 saturated heterocycles. The van der Waals surface area contributed by atoms with Crippen LogP contribution < -0.4 is 0 Å². The highest BCUT2D eigenvalue weighted by molar-refractivity contribution is 5.45. The number of rotatable bonds is 6. The lowest BCUT2D eigenvalue weighted by Gasteiger charge is -1.97. The van der Waals surface area contributed by atoms with Crippen molar-refractivity contribution in [3.8, 4) is 47.4 Å². The lowest BCUT2D eigenvalue weighted by Crippen LogP contribution is -1.91. The Labute approximate surface area is 321 Å². The van der Waals surface area contributed by atoms with Gasteiger partial charge in [0.15, 0.2) is 0 Å². The van der Waals surface area contributed by atoms with Crippen LogP contribution in [0.4, 0.5) is 0 Å². The second-order valence-electron chi connectivity index (χ2n) is 12.6. The van der Waals surface area contributed by atoms with E-state index in [4.69, 9.17) is 0 Å². The molecular formula is C50H44N4. The molecule has 0 saturated carbocycles. The third kappa shape index (κ3) is 12.8. The minimum absolute atomic E-state index is 0.641. The van der Waals surface area contributed by atoms with E-state index >= 15 is 0 Å². The summed E-state index contributed by atoms with van der Waals surface area (Å²) in [5.41, 5.74) is 11.8. The minimum Gasteiger partial charge on any atom is -0.141 e. The summed E-state index contributed by atoms with van der Waals surface area (Å²) in [6.07, 6.45) is 6.57. The van der Waals surface area contributed by atoms with Crippen LogP contribution in [0.15, 0.2) is 121 Å². The van der Waals surface area contributed by atoms with Crippen molar-refractivity contribution in [2.75, 3.05) is 0 Å². The molecule has 0 aliphatic carbocycles. The summed E-state index contributed by atoms with van der Waals surface area (Å²) >= 11 is 0. The lowest BCUT2D eigenvalue weighted by molar-refractivity contribution is 0.922. The van der Waals surface area contributed by atoms with Gasteiger partial charge >= 0.3 is 0 Å². The van der Waals surface area contributed by atoms with Gasteiger partial charge in [-0.2, -0.15) is 0 Å². The maximum Gasteiger partial charge on any atom is 0.136 e. The normalized spacial score (nSPS) is 9.70. The van der Waals surface area contributed by atoms with E-state index in [2.05, 4.69) is 168 Å². The summed E-state index contributed by atoms with van der Waals surface area (Å²) in [5.74, 6) is 24.7. The highest BCUT2D eigenvalue weighted by Gasteiger charge is 1.97. The SMILES string of the molecule is CCCc1ccc(C#Cc2ccc(C#Cc3ccc(CCC)cc3)nn2)cc1.CCc1ccc(C#Cc2ccc(C#Cc3ccc(CC)cc3)nn2)cc1. The summed E-state index contributed by atoms with van der Waals surface area (Å²) in [6, 6.07) is 40.7. The summed E-state index contributed by atoms with van der Waals surface area (Å²) < 4.78 is 0. The molecule has 0 atom stereocenters. The van der Waals surface area contributed by atoms with E-state index < -0.39 is 0 Å². The predicted octanol–water partition coefficient (Wildman–Crippen LogP) is 9.58. The molecule has 2 aromatic heterocycles. The molecule has 0 fully saturated rings. The van der Waals surface area contributed by atoms with Gasteiger partial charge in [-0.05, 0) is 144 Å². The van der Waals surface area contributed by atoms with Crippen molar-refractivity contribution in [3.05, 3.63) is 189 Å². The zero-order valence-electron chi connectivity index (χ0n) is 31.6.